The van der Waals surface area contributed by atoms with Crippen molar-refractivity contribution in [3.8, 4) is 0 Å². The highest BCUT2D eigenvalue weighted by molar-refractivity contribution is 5.75. The first-order chi connectivity index (χ1) is 7.66. The molecule has 0 spiro atoms. The second-order valence-electron chi connectivity index (χ2n) is 4.21. The van der Waals surface area contributed by atoms with Gasteiger partial charge in [-0.05, 0) is 45.1 Å². The highest BCUT2D eigenvalue weighted by Gasteiger charge is 2.05. The molecule has 16 heavy (non-hydrogen) atoms. The third kappa shape index (κ3) is 2.33. The molecule has 0 saturated heterocycles. The summed E-state index contributed by atoms with van der Waals surface area (Å²) in [6, 6.07) is 5.76. The van der Waals surface area contributed by atoms with Gasteiger partial charge in [-0.25, -0.2) is 4.79 Å². The summed E-state index contributed by atoms with van der Waals surface area (Å²) >= 11 is 0. The number of nitrogens with zero attached hydrogens (tertiary/aromatic N) is 1. The molecule has 4 nitrogen and oxygen atoms in total. The van der Waals surface area contributed by atoms with Gasteiger partial charge in [0.05, 0.1) is 5.52 Å². The van der Waals surface area contributed by atoms with Crippen LogP contribution in [0.4, 0.5) is 0 Å². The molecule has 1 aromatic heterocycles. The van der Waals surface area contributed by atoms with Crippen LogP contribution in [0.5, 0.6) is 0 Å². The van der Waals surface area contributed by atoms with Gasteiger partial charge >= 0.3 is 5.76 Å². The SMILES string of the molecule is CN(C)CCCc1cccc2oc(=O)[nH]c12. The fraction of sp³-hybridized carbons (Fsp3) is 0.417. The number of fused-ring (bicyclic) bond motifs is 1. The van der Waals surface area contributed by atoms with Crippen LogP contribution in [0.1, 0.15) is 12.0 Å². The molecular formula is C12H16N2O2. The molecule has 1 heterocycles. The minimum atomic E-state index is -0.380. The lowest BCUT2D eigenvalue weighted by Gasteiger charge is -2.08. The molecule has 0 aliphatic rings. The molecule has 2 rings (SSSR count). The van der Waals surface area contributed by atoms with E-state index in [0.717, 1.165) is 30.5 Å². The van der Waals surface area contributed by atoms with Crippen LogP contribution in [-0.2, 0) is 6.42 Å². The summed E-state index contributed by atoms with van der Waals surface area (Å²) < 4.78 is 5.01. The molecule has 1 N–H and O–H groups in total. The number of nitrogens with one attached hydrogen (secondary N) is 1. The van der Waals surface area contributed by atoms with Crippen molar-refractivity contribution in [2.45, 2.75) is 12.8 Å². The Labute approximate surface area is 93.9 Å². The monoisotopic (exact) mass is 220 g/mol. The first-order valence-electron chi connectivity index (χ1n) is 5.42. The van der Waals surface area contributed by atoms with E-state index in [0.29, 0.717) is 5.58 Å². The molecule has 0 unspecified atom stereocenters. The van der Waals surface area contributed by atoms with Crippen molar-refractivity contribution in [2.24, 2.45) is 0 Å². The van der Waals surface area contributed by atoms with E-state index in [1.165, 1.54) is 0 Å². The Morgan fingerprint density at radius 3 is 2.94 bits per heavy atom. The number of hydrogen-bond acceptors (Lipinski definition) is 3. The zero-order valence-corrected chi connectivity index (χ0v) is 9.62. The summed E-state index contributed by atoms with van der Waals surface area (Å²) in [5.41, 5.74) is 2.63. The quantitative estimate of drug-likeness (QED) is 0.851. The van der Waals surface area contributed by atoms with Gasteiger partial charge in [0.1, 0.15) is 0 Å². The molecular weight excluding hydrogens is 204 g/mol. The van der Waals surface area contributed by atoms with Gasteiger partial charge in [-0.1, -0.05) is 12.1 Å². The van der Waals surface area contributed by atoms with Gasteiger partial charge in [0, 0.05) is 0 Å². The van der Waals surface area contributed by atoms with Crippen molar-refractivity contribution in [2.75, 3.05) is 20.6 Å². The number of aromatic nitrogens is 1. The third-order valence-corrected chi connectivity index (χ3v) is 2.59. The molecule has 0 radical (unpaired) electrons. The fourth-order valence-corrected chi connectivity index (χ4v) is 1.83. The first kappa shape index (κ1) is 11.0. The Morgan fingerprint density at radius 1 is 1.38 bits per heavy atom. The molecule has 86 valence electrons. The fourth-order valence-electron chi connectivity index (χ4n) is 1.83. The molecule has 1 aromatic carbocycles. The maximum atomic E-state index is 11.1. The minimum absolute atomic E-state index is 0.380. The lowest BCUT2D eigenvalue weighted by Crippen LogP contribution is -2.13. The van der Waals surface area contributed by atoms with Gasteiger partial charge in [0.15, 0.2) is 5.58 Å². The number of benzene rings is 1. The summed E-state index contributed by atoms with van der Waals surface area (Å²) in [6.45, 7) is 1.04. The van der Waals surface area contributed by atoms with E-state index in [-0.39, 0.29) is 5.76 Å². The van der Waals surface area contributed by atoms with Crippen LogP contribution >= 0.6 is 0 Å². The van der Waals surface area contributed by atoms with E-state index >= 15 is 0 Å². The van der Waals surface area contributed by atoms with E-state index < -0.39 is 0 Å². The van der Waals surface area contributed by atoms with Gasteiger partial charge in [-0.2, -0.15) is 0 Å². The minimum Gasteiger partial charge on any atom is -0.408 e. The van der Waals surface area contributed by atoms with Gasteiger partial charge in [0.25, 0.3) is 0 Å². The van der Waals surface area contributed by atoms with Gasteiger partial charge in [-0.15, -0.1) is 0 Å². The topological polar surface area (TPSA) is 49.2 Å². The van der Waals surface area contributed by atoms with E-state index in [1.807, 2.05) is 18.2 Å². The molecule has 0 aliphatic carbocycles. The van der Waals surface area contributed by atoms with Crippen LogP contribution in [-0.4, -0.2) is 30.5 Å². The number of H-pyrrole nitrogens is 1. The molecule has 0 bridgehead atoms. The maximum absolute atomic E-state index is 11.1. The van der Waals surface area contributed by atoms with Crippen LogP contribution in [0.2, 0.25) is 0 Å². The predicted molar refractivity (Wildman–Crippen MR) is 63.7 cm³/mol. The largest absolute Gasteiger partial charge is 0.417 e. The number of aromatic amines is 1. The van der Waals surface area contributed by atoms with Crippen molar-refractivity contribution >= 4 is 11.1 Å². The van der Waals surface area contributed by atoms with Crippen LogP contribution in [0.25, 0.3) is 11.1 Å². The highest BCUT2D eigenvalue weighted by atomic mass is 16.4. The second kappa shape index (κ2) is 4.53. The summed E-state index contributed by atoms with van der Waals surface area (Å²) in [6.07, 6.45) is 2.02. The third-order valence-electron chi connectivity index (χ3n) is 2.59. The van der Waals surface area contributed by atoms with E-state index in [1.54, 1.807) is 0 Å². The summed E-state index contributed by atoms with van der Waals surface area (Å²) in [4.78, 5) is 16.0. The predicted octanol–water partition coefficient (Wildman–Crippen LogP) is 1.62. The second-order valence-corrected chi connectivity index (χ2v) is 4.21. The molecule has 0 saturated carbocycles. The van der Waals surface area contributed by atoms with Gasteiger partial charge in [0.2, 0.25) is 0 Å². The van der Waals surface area contributed by atoms with Gasteiger partial charge in [-0.3, -0.25) is 4.98 Å². The Hall–Kier alpha value is -1.55. The smallest absolute Gasteiger partial charge is 0.408 e. The number of oxazole rings is 1. The maximum Gasteiger partial charge on any atom is 0.417 e. The summed E-state index contributed by atoms with van der Waals surface area (Å²) in [5.74, 6) is -0.380. The molecule has 0 atom stereocenters. The average Bonchev–Trinajstić information content (AvgIpc) is 2.58. The number of para-hydroxylation sites is 1. The standard InChI is InChI=1S/C12H16N2O2/c1-14(2)8-4-6-9-5-3-7-10-11(9)13-12(15)16-10/h3,5,7H,4,6,8H2,1-2H3,(H,13,15). The Kier molecular flexibility index (Phi) is 3.10. The molecule has 2 aromatic rings. The number of hydrogen-bond donors (Lipinski definition) is 1. The van der Waals surface area contributed by atoms with Crippen LogP contribution in [0.3, 0.4) is 0 Å². The Morgan fingerprint density at radius 2 is 2.19 bits per heavy atom. The van der Waals surface area contributed by atoms with Crippen molar-refractivity contribution < 1.29 is 4.42 Å². The Bertz CT molecular complexity index is 525. The van der Waals surface area contributed by atoms with Crippen LogP contribution < -0.4 is 5.76 Å². The van der Waals surface area contributed by atoms with Crippen molar-refractivity contribution in [3.05, 3.63) is 34.3 Å². The van der Waals surface area contributed by atoms with E-state index in [2.05, 4.69) is 24.0 Å². The summed E-state index contributed by atoms with van der Waals surface area (Å²) in [5, 5.41) is 0. The highest BCUT2D eigenvalue weighted by Crippen LogP contribution is 2.16. The molecule has 4 heteroatoms. The Balaban J connectivity index is 2.20. The zero-order valence-electron chi connectivity index (χ0n) is 9.62. The van der Waals surface area contributed by atoms with Crippen molar-refractivity contribution in [1.82, 2.24) is 9.88 Å². The molecule has 0 amide bonds. The molecule has 0 aliphatic heterocycles. The van der Waals surface area contributed by atoms with Crippen molar-refractivity contribution in [3.63, 3.8) is 0 Å². The van der Waals surface area contributed by atoms with Gasteiger partial charge < -0.3 is 9.32 Å². The number of rotatable bonds is 4. The molecule has 0 fully saturated rings. The van der Waals surface area contributed by atoms with E-state index in [9.17, 15) is 4.79 Å². The average molecular weight is 220 g/mol. The normalized spacial score (nSPS) is 11.4. The van der Waals surface area contributed by atoms with Crippen molar-refractivity contribution in [1.29, 1.82) is 0 Å². The lowest BCUT2D eigenvalue weighted by atomic mass is 10.1. The first-order valence-corrected chi connectivity index (χ1v) is 5.42. The van der Waals surface area contributed by atoms with Crippen LogP contribution in [0.15, 0.2) is 27.4 Å². The lowest BCUT2D eigenvalue weighted by molar-refractivity contribution is 0.400. The van der Waals surface area contributed by atoms with E-state index in [4.69, 9.17) is 4.42 Å². The van der Waals surface area contributed by atoms with Crippen LogP contribution in [0, 0.1) is 0 Å². The zero-order chi connectivity index (χ0) is 11.5. The number of aryl methyl sites for hydroxylation is 1. The summed E-state index contributed by atoms with van der Waals surface area (Å²) in [7, 11) is 4.11.